The molecule has 0 aromatic heterocycles. The number of anilines is 1. The van der Waals surface area contributed by atoms with E-state index in [1.807, 2.05) is 75.4 Å². The molecule has 1 N–H and O–H groups in total. The normalized spacial score (nSPS) is 12.7. The van der Waals surface area contributed by atoms with Gasteiger partial charge in [-0.1, -0.05) is 78.7 Å². The van der Waals surface area contributed by atoms with Gasteiger partial charge in [0.25, 0.3) is 0 Å². The van der Waals surface area contributed by atoms with E-state index in [-0.39, 0.29) is 35.6 Å². The number of methoxy groups -OCH3 is 1. The van der Waals surface area contributed by atoms with E-state index in [1.165, 1.54) is 24.1 Å². The molecule has 2 amide bonds. The third-order valence-electron chi connectivity index (χ3n) is 6.85. The van der Waals surface area contributed by atoms with Gasteiger partial charge in [-0.2, -0.15) is 0 Å². The maximum absolute atomic E-state index is 14.1. The summed E-state index contributed by atoms with van der Waals surface area (Å²) in [6.07, 6.45) is 2.00. The Kier molecular flexibility index (Phi) is 11.2. The van der Waals surface area contributed by atoms with Gasteiger partial charge in [0.1, 0.15) is 18.3 Å². The highest BCUT2D eigenvalue weighted by Crippen LogP contribution is 2.30. The van der Waals surface area contributed by atoms with Gasteiger partial charge >= 0.3 is 0 Å². The standard InChI is InChI=1S/C31H38ClN3O5S/c1-6-23(3)33-31(37)28(18-24-10-8-7-9-11-24)34(20-25-14-12-22(2)13-15-25)30(36)21-35(41(5,38)39)26-16-17-29(40-4)27(32)19-26/h7-17,19,23,28H,6,18,20-21H2,1-5H3,(H,33,37)/t23-,28-/m1/s1. The second kappa shape index (κ2) is 14.4. The second-order valence-corrected chi connectivity index (χ2v) is 12.4. The number of ether oxygens (including phenoxy) is 1. The number of aryl methyl sites for hydroxylation is 1. The molecule has 0 radical (unpaired) electrons. The van der Waals surface area contributed by atoms with Crippen LogP contribution in [0.15, 0.2) is 72.8 Å². The highest BCUT2D eigenvalue weighted by atomic mass is 35.5. The highest BCUT2D eigenvalue weighted by Gasteiger charge is 2.33. The molecule has 0 saturated carbocycles. The average molecular weight is 600 g/mol. The van der Waals surface area contributed by atoms with Gasteiger partial charge in [0.05, 0.1) is 24.1 Å². The van der Waals surface area contributed by atoms with Crippen LogP contribution in [0.25, 0.3) is 0 Å². The van der Waals surface area contributed by atoms with Crippen molar-refractivity contribution in [1.82, 2.24) is 10.2 Å². The molecule has 8 nitrogen and oxygen atoms in total. The largest absolute Gasteiger partial charge is 0.495 e. The number of benzene rings is 3. The zero-order chi connectivity index (χ0) is 30.2. The Labute approximate surface area is 248 Å². The third-order valence-corrected chi connectivity index (χ3v) is 8.28. The van der Waals surface area contributed by atoms with Crippen molar-refractivity contribution in [3.05, 3.63) is 94.5 Å². The Hall–Kier alpha value is -3.56. The number of nitrogens with one attached hydrogen (secondary N) is 1. The zero-order valence-corrected chi connectivity index (χ0v) is 25.7. The number of nitrogens with zero attached hydrogens (tertiary/aromatic N) is 2. The molecule has 10 heteroatoms. The summed E-state index contributed by atoms with van der Waals surface area (Å²) in [6, 6.07) is 20.6. The highest BCUT2D eigenvalue weighted by molar-refractivity contribution is 7.92. The van der Waals surface area contributed by atoms with E-state index in [4.69, 9.17) is 16.3 Å². The molecule has 0 fully saturated rings. The Balaban J connectivity index is 2.06. The summed E-state index contributed by atoms with van der Waals surface area (Å²) >= 11 is 6.29. The Bertz CT molecular complexity index is 1430. The number of sulfonamides is 1. The van der Waals surface area contributed by atoms with Crippen molar-refractivity contribution in [1.29, 1.82) is 0 Å². The van der Waals surface area contributed by atoms with Crippen molar-refractivity contribution in [2.24, 2.45) is 0 Å². The van der Waals surface area contributed by atoms with E-state index in [9.17, 15) is 18.0 Å². The number of hydrogen-bond acceptors (Lipinski definition) is 5. The van der Waals surface area contributed by atoms with Gasteiger partial charge in [-0.25, -0.2) is 8.42 Å². The summed E-state index contributed by atoms with van der Waals surface area (Å²) in [6.45, 7) is 5.44. The van der Waals surface area contributed by atoms with Crippen LogP contribution in [-0.4, -0.2) is 57.1 Å². The lowest BCUT2D eigenvalue weighted by molar-refractivity contribution is -0.140. The molecule has 0 bridgehead atoms. The van der Waals surface area contributed by atoms with Crippen molar-refractivity contribution < 1.29 is 22.7 Å². The summed E-state index contributed by atoms with van der Waals surface area (Å²) in [5, 5.41) is 3.23. The predicted octanol–water partition coefficient (Wildman–Crippen LogP) is 4.98. The van der Waals surface area contributed by atoms with Gasteiger partial charge < -0.3 is 15.0 Å². The lowest BCUT2D eigenvalue weighted by Gasteiger charge is -2.34. The molecule has 0 spiro atoms. The number of amides is 2. The number of carbonyl (C=O) groups excluding carboxylic acids is 2. The fourth-order valence-corrected chi connectivity index (χ4v) is 5.40. The van der Waals surface area contributed by atoms with Crippen molar-refractivity contribution >= 4 is 39.1 Å². The lowest BCUT2D eigenvalue weighted by atomic mass is 10.0. The second-order valence-electron chi connectivity index (χ2n) is 10.1. The molecule has 2 atom stereocenters. The van der Waals surface area contributed by atoms with Crippen molar-refractivity contribution in [2.75, 3.05) is 24.2 Å². The monoisotopic (exact) mass is 599 g/mol. The fourth-order valence-electron chi connectivity index (χ4n) is 4.31. The average Bonchev–Trinajstić information content (AvgIpc) is 2.94. The minimum atomic E-state index is -3.90. The summed E-state index contributed by atoms with van der Waals surface area (Å²) in [4.78, 5) is 29.3. The van der Waals surface area contributed by atoms with E-state index in [1.54, 1.807) is 6.07 Å². The number of hydrogen-bond donors (Lipinski definition) is 1. The first-order valence-corrected chi connectivity index (χ1v) is 15.7. The molecule has 3 aromatic rings. The smallest absolute Gasteiger partial charge is 0.244 e. The SMILES string of the molecule is CC[C@@H](C)NC(=O)[C@@H](Cc1ccccc1)N(Cc1ccc(C)cc1)C(=O)CN(c1ccc(OC)c(Cl)c1)S(C)(=O)=O. The first-order chi connectivity index (χ1) is 19.4. The molecule has 0 aliphatic carbocycles. The summed E-state index contributed by atoms with van der Waals surface area (Å²) in [5.74, 6) is -0.453. The third kappa shape index (κ3) is 8.96. The molecule has 0 unspecified atom stereocenters. The van der Waals surface area contributed by atoms with Gasteiger partial charge in [0.2, 0.25) is 21.8 Å². The summed E-state index contributed by atoms with van der Waals surface area (Å²) in [5.41, 5.74) is 2.96. The van der Waals surface area contributed by atoms with Crippen molar-refractivity contribution in [2.45, 2.75) is 52.2 Å². The van der Waals surface area contributed by atoms with Crippen molar-refractivity contribution in [3.63, 3.8) is 0 Å². The summed E-state index contributed by atoms with van der Waals surface area (Å²) in [7, 11) is -2.45. The van der Waals surface area contributed by atoms with Crippen LogP contribution >= 0.6 is 11.6 Å². The molecule has 3 aromatic carbocycles. The molecular formula is C31H38ClN3O5S. The van der Waals surface area contributed by atoms with Gasteiger partial charge in [-0.3, -0.25) is 13.9 Å². The zero-order valence-electron chi connectivity index (χ0n) is 24.1. The van der Waals surface area contributed by atoms with Gasteiger partial charge in [0.15, 0.2) is 0 Å². The van der Waals surface area contributed by atoms with Crippen LogP contribution in [0.5, 0.6) is 5.75 Å². The molecule has 0 saturated heterocycles. The molecule has 41 heavy (non-hydrogen) atoms. The lowest BCUT2D eigenvalue weighted by Crippen LogP contribution is -2.54. The maximum Gasteiger partial charge on any atom is 0.244 e. The molecule has 0 aliphatic rings. The summed E-state index contributed by atoms with van der Waals surface area (Å²) < 4.78 is 32.1. The topological polar surface area (TPSA) is 96.0 Å². The minimum Gasteiger partial charge on any atom is -0.495 e. The Morgan fingerprint density at radius 2 is 1.66 bits per heavy atom. The predicted molar refractivity (Wildman–Crippen MR) is 164 cm³/mol. The molecule has 0 heterocycles. The van der Waals surface area contributed by atoms with E-state index in [0.29, 0.717) is 5.75 Å². The molecule has 220 valence electrons. The van der Waals surface area contributed by atoms with Gasteiger partial charge in [-0.15, -0.1) is 0 Å². The van der Waals surface area contributed by atoms with Crippen LogP contribution in [0.3, 0.4) is 0 Å². The quantitative estimate of drug-likeness (QED) is 0.299. The van der Waals surface area contributed by atoms with Gasteiger partial charge in [-0.05, 0) is 49.6 Å². The van der Waals surface area contributed by atoms with Crippen LogP contribution < -0.4 is 14.4 Å². The Morgan fingerprint density at radius 3 is 2.22 bits per heavy atom. The van der Waals surface area contributed by atoms with Crippen molar-refractivity contribution in [3.8, 4) is 5.75 Å². The van der Waals surface area contributed by atoms with E-state index in [2.05, 4.69) is 5.32 Å². The maximum atomic E-state index is 14.1. The van der Waals surface area contributed by atoms with Gasteiger partial charge in [0, 0.05) is 19.0 Å². The Morgan fingerprint density at radius 1 is 1.00 bits per heavy atom. The van der Waals surface area contributed by atoms with Crippen LogP contribution in [0.2, 0.25) is 5.02 Å². The van der Waals surface area contributed by atoms with Crippen LogP contribution in [0.1, 0.15) is 37.0 Å². The minimum absolute atomic E-state index is 0.106. The first kappa shape index (κ1) is 32.0. The van der Waals surface area contributed by atoms with E-state index in [0.717, 1.165) is 33.7 Å². The molecule has 0 aliphatic heterocycles. The van der Waals surface area contributed by atoms with E-state index >= 15 is 0 Å². The van der Waals surface area contributed by atoms with Crippen LogP contribution in [0.4, 0.5) is 5.69 Å². The van der Waals surface area contributed by atoms with E-state index < -0.39 is 28.5 Å². The van der Waals surface area contributed by atoms with Crippen LogP contribution in [0, 0.1) is 6.92 Å². The number of rotatable bonds is 13. The first-order valence-electron chi connectivity index (χ1n) is 13.4. The fraction of sp³-hybridized carbons (Fsp3) is 0.355. The van der Waals surface area contributed by atoms with Crippen LogP contribution in [-0.2, 0) is 32.6 Å². The molecule has 3 rings (SSSR count). The number of carbonyl (C=O) groups is 2. The molecular weight excluding hydrogens is 562 g/mol. The number of halogens is 1.